The van der Waals surface area contributed by atoms with Crippen LogP contribution in [0.4, 0.5) is 0 Å². The van der Waals surface area contributed by atoms with Crippen molar-refractivity contribution in [2.24, 2.45) is 34.5 Å². The minimum atomic E-state index is -0.441. The maximum atomic E-state index is 13.1. The minimum Gasteiger partial charge on any atom is -0.482 e. The fourth-order valence-electron chi connectivity index (χ4n) is 8.12. The van der Waals surface area contributed by atoms with Crippen LogP contribution in [0.2, 0.25) is 0 Å². The normalized spacial score (nSPS) is 39.4. The second kappa shape index (κ2) is 8.24. The van der Waals surface area contributed by atoms with E-state index in [4.69, 9.17) is 9.47 Å². The smallest absolute Gasteiger partial charge is 0.310 e. The van der Waals surface area contributed by atoms with Gasteiger partial charge in [-0.25, -0.2) is 0 Å². The first-order chi connectivity index (χ1) is 16.0. The van der Waals surface area contributed by atoms with Gasteiger partial charge in [-0.2, -0.15) is 0 Å². The number of hydrogen-bond acceptors (Lipinski definition) is 4. The number of benzene rings is 1. The van der Waals surface area contributed by atoms with Crippen LogP contribution in [0.1, 0.15) is 79.6 Å². The number of allylic oxidation sites excluding steroid dienone is 1. The van der Waals surface area contributed by atoms with Gasteiger partial charge in [0.15, 0.2) is 11.9 Å². The molecule has 184 valence electrons. The minimum absolute atomic E-state index is 0.00172. The predicted octanol–water partition coefficient (Wildman–Crippen LogP) is 6.53. The van der Waals surface area contributed by atoms with Crippen LogP contribution in [0.25, 0.3) is 0 Å². The van der Waals surface area contributed by atoms with E-state index in [9.17, 15) is 9.59 Å². The van der Waals surface area contributed by atoms with Crippen molar-refractivity contribution in [2.75, 3.05) is 0 Å². The van der Waals surface area contributed by atoms with Gasteiger partial charge in [-0.15, -0.1) is 0 Å². The fourth-order valence-corrected chi connectivity index (χ4v) is 8.12. The Hall–Kier alpha value is -2.10. The van der Waals surface area contributed by atoms with Crippen LogP contribution >= 0.6 is 0 Å². The lowest BCUT2D eigenvalue weighted by molar-refractivity contribution is -0.167. The molecular formula is C30H40O4. The number of fused-ring (bicyclic) bond motifs is 5. The van der Waals surface area contributed by atoms with Gasteiger partial charge in [0.2, 0.25) is 0 Å². The summed E-state index contributed by atoms with van der Waals surface area (Å²) in [4.78, 5) is 26.1. The van der Waals surface area contributed by atoms with E-state index in [1.807, 2.05) is 57.2 Å². The third-order valence-electron chi connectivity index (χ3n) is 9.69. The molecule has 0 spiro atoms. The van der Waals surface area contributed by atoms with E-state index in [0.29, 0.717) is 17.8 Å². The maximum absolute atomic E-state index is 13.1. The molecular weight excluding hydrogens is 424 g/mol. The summed E-state index contributed by atoms with van der Waals surface area (Å²) in [6.45, 7) is 10.6. The zero-order valence-electron chi connectivity index (χ0n) is 21.4. The second-order valence-electron chi connectivity index (χ2n) is 12.7. The monoisotopic (exact) mass is 464 g/mol. The van der Waals surface area contributed by atoms with Gasteiger partial charge in [-0.05, 0) is 106 Å². The zero-order valence-corrected chi connectivity index (χ0v) is 21.4. The van der Waals surface area contributed by atoms with Crippen LogP contribution in [-0.2, 0) is 14.3 Å². The molecule has 3 fully saturated rings. The van der Waals surface area contributed by atoms with Crippen molar-refractivity contribution < 1.29 is 19.1 Å². The topological polar surface area (TPSA) is 52.6 Å². The van der Waals surface area contributed by atoms with Crippen molar-refractivity contribution in [3.05, 3.63) is 42.0 Å². The first-order valence-corrected chi connectivity index (χ1v) is 13.2. The third kappa shape index (κ3) is 3.91. The number of carbonyl (C=O) groups is 2. The maximum Gasteiger partial charge on any atom is 0.310 e. The molecule has 3 saturated carbocycles. The predicted molar refractivity (Wildman–Crippen MR) is 132 cm³/mol. The Morgan fingerprint density at radius 2 is 1.74 bits per heavy atom. The first-order valence-electron chi connectivity index (χ1n) is 13.2. The third-order valence-corrected chi connectivity index (χ3v) is 9.69. The van der Waals surface area contributed by atoms with Crippen molar-refractivity contribution in [2.45, 2.75) is 91.3 Å². The SMILES string of the molecule is CC(C)(C)OC(=O)[C@H]1CC[C@H]2[C@@H]3CCC4=CC(=O)[C@H](Oc5ccccc5)C[C@]4(C)[C@H]3CC[C@]12C. The summed E-state index contributed by atoms with van der Waals surface area (Å²) >= 11 is 0. The molecule has 7 atom stereocenters. The van der Waals surface area contributed by atoms with E-state index in [2.05, 4.69) is 13.8 Å². The lowest BCUT2D eigenvalue weighted by Gasteiger charge is -2.58. The number of carbonyl (C=O) groups excluding carboxylic acids is 2. The molecule has 1 aromatic carbocycles. The molecule has 1 aromatic rings. The highest BCUT2D eigenvalue weighted by atomic mass is 16.6. The lowest BCUT2D eigenvalue weighted by Crippen LogP contribution is -2.53. The number of rotatable bonds is 3. The van der Waals surface area contributed by atoms with Gasteiger partial charge < -0.3 is 9.47 Å². The molecule has 0 unspecified atom stereocenters. The quantitative estimate of drug-likeness (QED) is 0.477. The molecule has 0 N–H and O–H groups in total. The van der Waals surface area contributed by atoms with Gasteiger partial charge in [0, 0.05) is 6.42 Å². The number of para-hydroxylation sites is 1. The Labute approximate surface area is 204 Å². The molecule has 4 nitrogen and oxygen atoms in total. The van der Waals surface area contributed by atoms with Gasteiger partial charge in [0.05, 0.1) is 5.92 Å². The van der Waals surface area contributed by atoms with Crippen LogP contribution in [0.15, 0.2) is 42.0 Å². The highest BCUT2D eigenvalue weighted by molar-refractivity contribution is 5.95. The molecule has 0 amide bonds. The summed E-state index contributed by atoms with van der Waals surface area (Å²) in [7, 11) is 0. The molecule has 4 aliphatic carbocycles. The molecule has 4 aliphatic rings. The molecule has 5 rings (SSSR count). The summed E-state index contributed by atoms with van der Waals surface area (Å²) in [6, 6.07) is 9.72. The molecule has 0 radical (unpaired) electrons. The Morgan fingerprint density at radius 3 is 2.44 bits per heavy atom. The molecule has 0 aromatic heterocycles. The highest BCUT2D eigenvalue weighted by Gasteiger charge is 2.61. The number of hydrogen-bond donors (Lipinski definition) is 0. The number of esters is 1. The van der Waals surface area contributed by atoms with Gasteiger partial charge in [-0.3, -0.25) is 9.59 Å². The van der Waals surface area contributed by atoms with E-state index < -0.39 is 11.7 Å². The molecule has 0 bridgehead atoms. The average Bonchev–Trinajstić information content (AvgIpc) is 3.12. The van der Waals surface area contributed by atoms with Gasteiger partial charge in [0.25, 0.3) is 0 Å². The van der Waals surface area contributed by atoms with Crippen LogP contribution in [0.3, 0.4) is 0 Å². The Morgan fingerprint density at radius 1 is 1.00 bits per heavy atom. The summed E-state index contributed by atoms with van der Waals surface area (Å²) in [6.07, 6.45) is 8.60. The van der Waals surface area contributed by atoms with Crippen molar-refractivity contribution in [3.63, 3.8) is 0 Å². The first kappa shape index (κ1) is 23.6. The van der Waals surface area contributed by atoms with Crippen molar-refractivity contribution in [1.29, 1.82) is 0 Å². The second-order valence-corrected chi connectivity index (χ2v) is 12.7. The largest absolute Gasteiger partial charge is 0.482 e. The summed E-state index contributed by atoms with van der Waals surface area (Å²) < 4.78 is 12.1. The van der Waals surface area contributed by atoms with E-state index >= 15 is 0 Å². The van der Waals surface area contributed by atoms with Gasteiger partial charge in [0.1, 0.15) is 11.4 Å². The lowest BCUT2D eigenvalue weighted by atomic mass is 9.46. The Kier molecular flexibility index (Phi) is 5.73. The van der Waals surface area contributed by atoms with Crippen LogP contribution < -0.4 is 4.74 Å². The van der Waals surface area contributed by atoms with E-state index in [-0.39, 0.29) is 28.5 Å². The van der Waals surface area contributed by atoms with Crippen molar-refractivity contribution in [1.82, 2.24) is 0 Å². The van der Waals surface area contributed by atoms with Gasteiger partial charge in [-0.1, -0.05) is 37.6 Å². The average molecular weight is 465 g/mol. The summed E-state index contributed by atoms with van der Waals surface area (Å²) in [5.41, 5.74) is 0.896. The molecule has 4 heteroatoms. The molecule has 0 aliphatic heterocycles. The van der Waals surface area contributed by atoms with E-state index in [1.165, 1.54) is 5.57 Å². The molecule has 34 heavy (non-hydrogen) atoms. The standard InChI is InChI=1S/C30H40O4/c1-28(2,3)34-27(32)24-14-13-22-21-12-11-19-17-25(31)26(33-20-9-7-6-8-10-20)18-30(19,5)23(21)15-16-29(22,24)4/h6-10,17,21-24,26H,11-16,18H2,1-5H3/t21-,22-,23-,24+,26+,29-,30-/m0/s1. The summed E-state index contributed by atoms with van der Waals surface area (Å²) in [5, 5.41) is 0. The van der Waals surface area contributed by atoms with Crippen molar-refractivity contribution in [3.8, 4) is 5.75 Å². The highest BCUT2D eigenvalue weighted by Crippen LogP contribution is 2.66. The van der Waals surface area contributed by atoms with Crippen molar-refractivity contribution >= 4 is 11.8 Å². The summed E-state index contributed by atoms with van der Waals surface area (Å²) in [5.74, 6) is 2.56. The molecule has 0 saturated heterocycles. The zero-order chi connectivity index (χ0) is 24.3. The Balaban J connectivity index is 1.38. The Bertz CT molecular complexity index is 989. The molecule has 0 heterocycles. The number of ketones is 1. The van der Waals surface area contributed by atoms with E-state index in [0.717, 1.165) is 50.7 Å². The van der Waals surface area contributed by atoms with Crippen LogP contribution in [0, 0.1) is 34.5 Å². The number of ether oxygens (including phenoxy) is 2. The van der Waals surface area contributed by atoms with Crippen LogP contribution in [0.5, 0.6) is 5.75 Å². The van der Waals surface area contributed by atoms with Gasteiger partial charge >= 0.3 is 5.97 Å². The van der Waals surface area contributed by atoms with Crippen LogP contribution in [-0.4, -0.2) is 23.5 Å². The van der Waals surface area contributed by atoms with E-state index in [1.54, 1.807) is 0 Å². The fraction of sp³-hybridized carbons (Fsp3) is 0.667.